The Bertz CT molecular complexity index is 995. The second kappa shape index (κ2) is 9.54. The molecular formula is C22H18N2O3S2. The number of carbonyl (C=O) groups excluding carboxylic acids is 1. The largest absolute Gasteiger partial charge is 0.455 e. The van der Waals surface area contributed by atoms with Crippen LogP contribution in [0.1, 0.15) is 22.3 Å². The van der Waals surface area contributed by atoms with E-state index in [-0.39, 0.29) is 29.5 Å². The molecule has 0 saturated carbocycles. The van der Waals surface area contributed by atoms with Gasteiger partial charge in [-0.15, -0.1) is 33.3 Å². The van der Waals surface area contributed by atoms with Crippen molar-refractivity contribution < 1.29 is 13.9 Å². The van der Waals surface area contributed by atoms with Crippen LogP contribution in [-0.4, -0.2) is 21.9 Å². The Morgan fingerprint density at radius 3 is 2.28 bits per heavy atom. The first-order chi connectivity index (χ1) is 14.3. The number of carbonyl (C=O) groups is 1. The Balaban J connectivity index is 1.35. The van der Waals surface area contributed by atoms with E-state index >= 15 is 0 Å². The molecule has 0 atom stereocenters. The van der Waals surface area contributed by atoms with Crippen LogP contribution < -0.4 is 0 Å². The average molecular weight is 423 g/mol. The number of thioether (sulfide) groups is 1. The lowest BCUT2D eigenvalue weighted by atomic mass is 10.0. The first kappa shape index (κ1) is 19.4. The maximum absolute atomic E-state index is 12.3. The number of thiophene rings is 1. The van der Waals surface area contributed by atoms with Crippen LogP contribution in [0.4, 0.5) is 0 Å². The zero-order valence-corrected chi connectivity index (χ0v) is 17.1. The molecule has 0 bridgehead atoms. The average Bonchev–Trinajstić information content (AvgIpc) is 3.46. The zero-order valence-electron chi connectivity index (χ0n) is 15.4. The van der Waals surface area contributed by atoms with E-state index < -0.39 is 0 Å². The summed E-state index contributed by atoms with van der Waals surface area (Å²) in [5, 5.41) is 9.92. The van der Waals surface area contributed by atoms with Gasteiger partial charge in [-0.05, 0) is 22.6 Å². The van der Waals surface area contributed by atoms with Gasteiger partial charge in [-0.1, -0.05) is 66.7 Å². The van der Waals surface area contributed by atoms with E-state index in [4.69, 9.17) is 9.15 Å². The molecule has 0 aliphatic heterocycles. The van der Waals surface area contributed by atoms with Crippen LogP contribution in [-0.2, 0) is 16.1 Å². The SMILES string of the molecule is O=C(CSC(c1ccccc1)c1ccccc1)OCc1nnc(-c2cccs2)o1. The van der Waals surface area contributed by atoms with Crippen molar-refractivity contribution in [2.45, 2.75) is 11.9 Å². The molecule has 0 amide bonds. The number of hydrogen-bond acceptors (Lipinski definition) is 7. The van der Waals surface area contributed by atoms with Crippen LogP contribution in [0.3, 0.4) is 0 Å². The fourth-order valence-corrected chi connectivity index (χ4v) is 4.52. The lowest BCUT2D eigenvalue weighted by Gasteiger charge is -2.17. The second-order valence-corrected chi connectivity index (χ2v) is 8.19. The summed E-state index contributed by atoms with van der Waals surface area (Å²) >= 11 is 3.05. The van der Waals surface area contributed by atoms with Crippen LogP contribution in [0.5, 0.6) is 0 Å². The number of rotatable bonds is 8. The minimum atomic E-state index is -0.317. The number of hydrogen-bond donors (Lipinski definition) is 0. The van der Waals surface area contributed by atoms with E-state index in [1.165, 1.54) is 23.1 Å². The summed E-state index contributed by atoms with van der Waals surface area (Å²) in [6.45, 7) is -0.0287. The number of benzene rings is 2. The van der Waals surface area contributed by atoms with E-state index in [1.807, 2.05) is 53.9 Å². The second-order valence-electron chi connectivity index (χ2n) is 6.15. The van der Waals surface area contributed by atoms with Gasteiger partial charge in [0.25, 0.3) is 11.8 Å². The van der Waals surface area contributed by atoms with Crippen molar-refractivity contribution in [1.82, 2.24) is 10.2 Å². The molecular weight excluding hydrogens is 404 g/mol. The molecule has 0 aliphatic rings. The highest BCUT2D eigenvalue weighted by Crippen LogP contribution is 2.35. The fourth-order valence-electron chi connectivity index (χ4n) is 2.79. The molecule has 0 unspecified atom stereocenters. The van der Waals surface area contributed by atoms with Gasteiger partial charge >= 0.3 is 5.97 Å². The molecule has 0 aliphatic carbocycles. The monoisotopic (exact) mass is 422 g/mol. The third kappa shape index (κ3) is 5.13. The third-order valence-corrected chi connectivity index (χ3v) is 6.27. The number of aromatic nitrogens is 2. The van der Waals surface area contributed by atoms with Gasteiger partial charge in [0.1, 0.15) is 0 Å². The molecule has 2 aromatic heterocycles. The van der Waals surface area contributed by atoms with Crippen molar-refractivity contribution in [3.05, 3.63) is 95.2 Å². The van der Waals surface area contributed by atoms with Crippen molar-refractivity contribution in [2.24, 2.45) is 0 Å². The van der Waals surface area contributed by atoms with Crippen molar-refractivity contribution in [2.75, 3.05) is 5.75 Å². The Kier molecular flexibility index (Phi) is 6.38. The molecule has 2 aromatic carbocycles. The lowest BCUT2D eigenvalue weighted by molar-refractivity contribution is -0.142. The Morgan fingerprint density at radius 1 is 0.966 bits per heavy atom. The third-order valence-electron chi connectivity index (χ3n) is 4.13. The Labute approximate surface area is 176 Å². The van der Waals surface area contributed by atoms with Crippen LogP contribution >= 0.6 is 23.1 Å². The number of esters is 1. The standard InChI is InChI=1S/C22H18N2O3S2/c25-20(26-14-19-23-24-22(27-19)18-12-7-13-28-18)15-29-21(16-8-3-1-4-9-16)17-10-5-2-6-11-17/h1-13,21H,14-15H2. The molecule has 146 valence electrons. The van der Waals surface area contributed by atoms with Gasteiger partial charge in [0.2, 0.25) is 0 Å². The molecule has 0 N–H and O–H groups in total. The van der Waals surface area contributed by atoms with Crippen molar-refractivity contribution in [1.29, 1.82) is 0 Å². The summed E-state index contributed by atoms with van der Waals surface area (Å²) in [5.41, 5.74) is 2.29. The lowest BCUT2D eigenvalue weighted by Crippen LogP contribution is -2.09. The summed E-state index contributed by atoms with van der Waals surface area (Å²) in [5.74, 6) is 0.631. The minimum absolute atomic E-state index is 0.0287. The number of ether oxygens (including phenoxy) is 1. The van der Waals surface area contributed by atoms with Crippen LogP contribution in [0.15, 0.2) is 82.6 Å². The summed E-state index contributed by atoms with van der Waals surface area (Å²) in [6.07, 6.45) is 0. The van der Waals surface area contributed by atoms with Gasteiger partial charge in [0, 0.05) is 0 Å². The smallest absolute Gasteiger partial charge is 0.316 e. The summed E-state index contributed by atoms with van der Waals surface area (Å²) < 4.78 is 10.9. The summed E-state index contributed by atoms with van der Waals surface area (Å²) in [7, 11) is 0. The number of nitrogens with zero attached hydrogens (tertiary/aromatic N) is 2. The van der Waals surface area contributed by atoms with Crippen LogP contribution in [0, 0.1) is 0 Å². The predicted octanol–water partition coefficient (Wildman–Crippen LogP) is 5.36. The highest BCUT2D eigenvalue weighted by Gasteiger charge is 2.17. The minimum Gasteiger partial charge on any atom is -0.455 e. The van der Waals surface area contributed by atoms with Crippen molar-refractivity contribution in [3.8, 4) is 10.8 Å². The highest BCUT2D eigenvalue weighted by molar-refractivity contribution is 8.00. The Hall–Kier alpha value is -2.90. The molecule has 5 nitrogen and oxygen atoms in total. The van der Waals surface area contributed by atoms with E-state index in [9.17, 15) is 4.79 Å². The molecule has 4 aromatic rings. The molecule has 2 heterocycles. The molecule has 0 radical (unpaired) electrons. The van der Waals surface area contributed by atoms with Gasteiger partial charge in [0.15, 0.2) is 6.61 Å². The highest BCUT2D eigenvalue weighted by atomic mass is 32.2. The van der Waals surface area contributed by atoms with Gasteiger partial charge in [-0.3, -0.25) is 4.79 Å². The van der Waals surface area contributed by atoms with E-state index in [0.29, 0.717) is 5.89 Å². The molecule has 0 saturated heterocycles. The maximum Gasteiger partial charge on any atom is 0.316 e. The topological polar surface area (TPSA) is 65.2 Å². The summed E-state index contributed by atoms with van der Waals surface area (Å²) in [4.78, 5) is 13.2. The molecule has 7 heteroatoms. The predicted molar refractivity (Wildman–Crippen MR) is 115 cm³/mol. The Morgan fingerprint density at radius 2 is 1.66 bits per heavy atom. The molecule has 0 spiro atoms. The van der Waals surface area contributed by atoms with Gasteiger partial charge < -0.3 is 9.15 Å². The first-order valence-corrected chi connectivity index (χ1v) is 11.0. The van der Waals surface area contributed by atoms with Gasteiger partial charge in [0.05, 0.1) is 15.9 Å². The molecule has 0 fully saturated rings. The fraction of sp³-hybridized carbons (Fsp3) is 0.136. The van der Waals surface area contributed by atoms with Gasteiger partial charge in [-0.2, -0.15) is 0 Å². The van der Waals surface area contributed by atoms with E-state index in [2.05, 4.69) is 34.5 Å². The normalized spacial score (nSPS) is 10.9. The quantitative estimate of drug-likeness (QED) is 0.356. The molecule has 4 rings (SSSR count). The van der Waals surface area contributed by atoms with Crippen molar-refractivity contribution >= 4 is 29.1 Å². The maximum atomic E-state index is 12.3. The van der Waals surface area contributed by atoms with E-state index in [0.717, 1.165) is 16.0 Å². The van der Waals surface area contributed by atoms with Gasteiger partial charge in [-0.25, -0.2) is 0 Å². The van der Waals surface area contributed by atoms with Crippen LogP contribution in [0.25, 0.3) is 10.8 Å². The van der Waals surface area contributed by atoms with Crippen LogP contribution in [0.2, 0.25) is 0 Å². The summed E-state index contributed by atoms with van der Waals surface area (Å²) in [6, 6.07) is 24.1. The zero-order chi connectivity index (χ0) is 19.9. The molecule has 29 heavy (non-hydrogen) atoms. The van der Waals surface area contributed by atoms with Crippen molar-refractivity contribution in [3.63, 3.8) is 0 Å². The van der Waals surface area contributed by atoms with E-state index in [1.54, 1.807) is 0 Å². The first-order valence-electron chi connectivity index (χ1n) is 9.03.